The average molecular weight is 400 g/mol. The molecule has 8 nitrogen and oxygen atoms in total. The number of primary amides is 1. The van der Waals surface area contributed by atoms with Crippen LogP contribution in [-0.4, -0.2) is 45.2 Å². The van der Waals surface area contributed by atoms with Crippen LogP contribution in [0.15, 0.2) is 48.5 Å². The summed E-state index contributed by atoms with van der Waals surface area (Å²) < 4.78 is 15.5. The Morgan fingerprint density at radius 2 is 1.72 bits per heavy atom. The maximum absolute atomic E-state index is 12.6. The average Bonchev–Trinajstić information content (AvgIpc) is 2.73. The van der Waals surface area contributed by atoms with E-state index >= 15 is 0 Å². The molecule has 154 valence electrons. The molecule has 2 rings (SSSR count). The molecule has 0 bridgehead atoms. The van der Waals surface area contributed by atoms with Gasteiger partial charge in [0.25, 0.3) is 5.91 Å². The monoisotopic (exact) mass is 400 g/mol. The van der Waals surface area contributed by atoms with E-state index in [-0.39, 0.29) is 19.4 Å². The van der Waals surface area contributed by atoms with Gasteiger partial charge in [-0.25, -0.2) is 0 Å². The van der Waals surface area contributed by atoms with E-state index in [9.17, 15) is 14.4 Å². The smallest absolute Gasteiger partial charge is 0.310 e. The number of carbonyl (C=O) groups excluding carboxylic acids is 3. The fourth-order valence-corrected chi connectivity index (χ4v) is 2.65. The van der Waals surface area contributed by atoms with Crippen molar-refractivity contribution in [3.8, 4) is 11.5 Å². The van der Waals surface area contributed by atoms with Crippen molar-refractivity contribution < 1.29 is 28.6 Å². The lowest BCUT2D eigenvalue weighted by atomic mass is 10.1. The maximum Gasteiger partial charge on any atom is 0.310 e. The topological polar surface area (TPSA) is 108 Å². The number of carbonyl (C=O) groups is 3. The van der Waals surface area contributed by atoms with E-state index in [0.717, 1.165) is 0 Å². The van der Waals surface area contributed by atoms with Gasteiger partial charge >= 0.3 is 5.97 Å². The van der Waals surface area contributed by atoms with E-state index < -0.39 is 24.4 Å². The maximum atomic E-state index is 12.6. The van der Waals surface area contributed by atoms with Gasteiger partial charge in [0.1, 0.15) is 11.5 Å². The van der Waals surface area contributed by atoms with Crippen LogP contribution in [0.3, 0.4) is 0 Å². The lowest BCUT2D eigenvalue weighted by Gasteiger charge is -2.22. The third kappa shape index (κ3) is 6.53. The molecular formula is C21H24N2O6. The molecule has 0 radical (unpaired) electrons. The van der Waals surface area contributed by atoms with Crippen LogP contribution in [0.25, 0.3) is 0 Å². The van der Waals surface area contributed by atoms with Crippen LogP contribution >= 0.6 is 0 Å². The SMILES string of the molecule is COc1ccc(CC(=O)OCC(=O)N(CCC(N)=O)c2ccccc2)c(OC)c1. The van der Waals surface area contributed by atoms with Crippen molar-refractivity contribution in [3.63, 3.8) is 0 Å². The van der Waals surface area contributed by atoms with Crippen LogP contribution < -0.4 is 20.1 Å². The number of hydrogen-bond acceptors (Lipinski definition) is 6. The molecule has 0 saturated heterocycles. The lowest BCUT2D eigenvalue weighted by Crippen LogP contribution is -2.37. The standard InChI is InChI=1S/C21H24N2O6/c1-27-17-9-8-15(18(13-17)28-2)12-21(26)29-14-20(25)23(11-10-19(22)24)16-6-4-3-5-7-16/h3-9,13H,10-12,14H2,1-2H3,(H2,22,24). The van der Waals surface area contributed by atoms with Gasteiger partial charge in [-0.1, -0.05) is 24.3 Å². The van der Waals surface area contributed by atoms with Gasteiger partial charge in [-0.15, -0.1) is 0 Å². The minimum absolute atomic E-state index is 0.00235. The molecule has 8 heteroatoms. The van der Waals surface area contributed by atoms with E-state index in [2.05, 4.69) is 0 Å². The van der Waals surface area contributed by atoms with Crippen LogP contribution in [0.2, 0.25) is 0 Å². The number of anilines is 1. The zero-order chi connectivity index (χ0) is 21.2. The van der Waals surface area contributed by atoms with Crippen molar-refractivity contribution in [1.29, 1.82) is 0 Å². The van der Waals surface area contributed by atoms with Gasteiger partial charge in [0.05, 0.1) is 20.6 Å². The Kier molecular flexibility index (Phi) is 8.02. The summed E-state index contributed by atoms with van der Waals surface area (Å²) in [6.07, 6.45) is -0.0648. The van der Waals surface area contributed by atoms with Crippen molar-refractivity contribution >= 4 is 23.5 Å². The zero-order valence-electron chi connectivity index (χ0n) is 16.4. The van der Waals surface area contributed by atoms with Crippen molar-refractivity contribution in [2.24, 2.45) is 5.73 Å². The van der Waals surface area contributed by atoms with Crippen LogP contribution in [0.1, 0.15) is 12.0 Å². The highest BCUT2D eigenvalue weighted by atomic mass is 16.5. The molecule has 2 aromatic rings. The predicted octanol–water partition coefficient (Wildman–Crippen LogP) is 1.70. The van der Waals surface area contributed by atoms with E-state index in [1.54, 1.807) is 42.5 Å². The minimum Gasteiger partial charge on any atom is -0.497 e. The summed E-state index contributed by atoms with van der Waals surface area (Å²) in [6.45, 7) is -0.354. The number of esters is 1. The van der Waals surface area contributed by atoms with Gasteiger partial charge < -0.3 is 24.8 Å². The number of para-hydroxylation sites is 1. The number of amides is 2. The Balaban J connectivity index is 2.00. The summed E-state index contributed by atoms with van der Waals surface area (Å²) in [5, 5.41) is 0. The minimum atomic E-state index is -0.579. The van der Waals surface area contributed by atoms with Crippen LogP contribution in [0, 0.1) is 0 Å². The van der Waals surface area contributed by atoms with Crippen LogP contribution in [0.5, 0.6) is 11.5 Å². The summed E-state index contributed by atoms with van der Waals surface area (Å²) in [4.78, 5) is 37.3. The van der Waals surface area contributed by atoms with Crippen molar-refractivity contribution in [2.75, 3.05) is 32.3 Å². The lowest BCUT2D eigenvalue weighted by molar-refractivity contribution is -0.147. The molecule has 0 saturated carbocycles. The van der Waals surface area contributed by atoms with E-state index in [1.165, 1.54) is 19.1 Å². The summed E-state index contributed by atoms with van der Waals surface area (Å²) in [6, 6.07) is 13.9. The molecule has 0 atom stereocenters. The van der Waals surface area contributed by atoms with Gasteiger partial charge in [0, 0.05) is 30.3 Å². The molecule has 0 spiro atoms. The van der Waals surface area contributed by atoms with Gasteiger partial charge in [0.2, 0.25) is 5.91 Å². The van der Waals surface area contributed by atoms with Crippen LogP contribution in [-0.2, 0) is 25.5 Å². The highest BCUT2D eigenvalue weighted by Gasteiger charge is 2.19. The Morgan fingerprint density at radius 1 is 1.00 bits per heavy atom. The quantitative estimate of drug-likeness (QED) is 0.608. The fraction of sp³-hybridized carbons (Fsp3) is 0.286. The van der Waals surface area contributed by atoms with Crippen LogP contribution in [0.4, 0.5) is 5.69 Å². The Bertz CT molecular complexity index is 854. The van der Waals surface area contributed by atoms with Gasteiger partial charge in [-0.2, -0.15) is 0 Å². The molecule has 2 aromatic carbocycles. The highest BCUT2D eigenvalue weighted by molar-refractivity contribution is 5.95. The summed E-state index contributed by atoms with van der Waals surface area (Å²) >= 11 is 0. The molecule has 0 aromatic heterocycles. The van der Waals surface area contributed by atoms with Gasteiger partial charge in [-0.05, 0) is 18.2 Å². The molecule has 29 heavy (non-hydrogen) atoms. The summed E-state index contributed by atoms with van der Waals surface area (Å²) in [5.41, 5.74) is 6.39. The van der Waals surface area contributed by atoms with Crippen molar-refractivity contribution in [3.05, 3.63) is 54.1 Å². The van der Waals surface area contributed by atoms with E-state index in [1.807, 2.05) is 6.07 Å². The van der Waals surface area contributed by atoms with E-state index in [4.69, 9.17) is 19.9 Å². The first-order valence-corrected chi connectivity index (χ1v) is 8.94. The molecule has 0 unspecified atom stereocenters. The Hall–Kier alpha value is -3.55. The molecular weight excluding hydrogens is 376 g/mol. The number of hydrogen-bond donors (Lipinski definition) is 1. The number of benzene rings is 2. The first kappa shape index (κ1) is 21.7. The number of methoxy groups -OCH3 is 2. The van der Waals surface area contributed by atoms with Crippen molar-refractivity contribution in [2.45, 2.75) is 12.8 Å². The van der Waals surface area contributed by atoms with Crippen molar-refractivity contribution in [1.82, 2.24) is 0 Å². The van der Waals surface area contributed by atoms with Gasteiger partial charge in [0.15, 0.2) is 6.61 Å². The Morgan fingerprint density at radius 3 is 2.34 bits per heavy atom. The largest absolute Gasteiger partial charge is 0.497 e. The second kappa shape index (κ2) is 10.7. The molecule has 0 aliphatic rings. The van der Waals surface area contributed by atoms with E-state index in [0.29, 0.717) is 22.7 Å². The molecule has 2 N–H and O–H groups in total. The first-order chi connectivity index (χ1) is 13.9. The molecule has 0 aliphatic carbocycles. The molecule has 2 amide bonds. The summed E-state index contributed by atoms with van der Waals surface area (Å²) in [7, 11) is 3.02. The number of nitrogens with zero attached hydrogens (tertiary/aromatic N) is 1. The number of nitrogens with two attached hydrogens (primary N) is 1. The second-order valence-electron chi connectivity index (χ2n) is 6.11. The third-order valence-electron chi connectivity index (χ3n) is 4.14. The molecule has 0 fully saturated rings. The number of rotatable bonds is 10. The zero-order valence-corrected chi connectivity index (χ0v) is 16.4. The van der Waals surface area contributed by atoms with Gasteiger partial charge in [-0.3, -0.25) is 14.4 Å². The normalized spacial score (nSPS) is 10.1. The number of ether oxygens (including phenoxy) is 3. The summed E-state index contributed by atoms with van der Waals surface area (Å²) in [5.74, 6) is -0.471. The third-order valence-corrected chi connectivity index (χ3v) is 4.14. The first-order valence-electron chi connectivity index (χ1n) is 8.94. The molecule has 0 heterocycles. The highest BCUT2D eigenvalue weighted by Crippen LogP contribution is 2.25. The molecule has 0 aliphatic heterocycles. The Labute approximate surface area is 169 Å². The predicted molar refractivity (Wildman–Crippen MR) is 107 cm³/mol. The fourth-order valence-electron chi connectivity index (χ4n) is 2.65. The second-order valence-corrected chi connectivity index (χ2v) is 6.11.